The van der Waals surface area contributed by atoms with Crippen LogP contribution in [0.25, 0.3) is 0 Å². The minimum Gasteiger partial charge on any atom is -0.381 e. The molecule has 0 aromatic carbocycles. The van der Waals surface area contributed by atoms with E-state index in [9.17, 15) is 4.79 Å². The van der Waals surface area contributed by atoms with Crippen LogP contribution in [0.4, 0.5) is 0 Å². The highest BCUT2D eigenvalue weighted by Crippen LogP contribution is 2.15. The number of carbonyl (C=O) groups excluding carboxylic acids is 1. The van der Waals surface area contributed by atoms with E-state index in [4.69, 9.17) is 4.74 Å². The summed E-state index contributed by atoms with van der Waals surface area (Å²) in [6, 6.07) is 0. The second-order valence-electron chi connectivity index (χ2n) is 2.77. The Balaban J connectivity index is 2.17. The van der Waals surface area contributed by atoms with Crippen molar-refractivity contribution in [2.24, 2.45) is 5.92 Å². The maximum absolute atomic E-state index is 11.3. The molecule has 11 heavy (non-hydrogen) atoms. The monoisotopic (exact) mass is 174 g/mol. The van der Waals surface area contributed by atoms with E-state index in [2.05, 4.69) is 0 Å². The summed E-state index contributed by atoms with van der Waals surface area (Å²) in [7, 11) is 0. The molecule has 0 aromatic rings. The van der Waals surface area contributed by atoms with E-state index >= 15 is 0 Å². The predicted molar refractivity (Wildman–Crippen MR) is 46.9 cm³/mol. The third kappa shape index (κ3) is 2.83. The van der Waals surface area contributed by atoms with E-state index in [0.29, 0.717) is 12.4 Å². The van der Waals surface area contributed by atoms with E-state index in [0.717, 1.165) is 25.2 Å². The summed E-state index contributed by atoms with van der Waals surface area (Å²) >= 11 is 1.73. The van der Waals surface area contributed by atoms with Crippen molar-refractivity contribution in [3.05, 3.63) is 0 Å². The van der Waals surface area contributed by atoms with Gasteiger partial charge in [-0.2, -0.15) is 11.8 Å². The van der Waals surface area contributed by atoms with Gasteiger partial charge in [0.15, 0.2) is 0 Å². The molecule has 0 radical (unpaired) electrons. The van der Waals surface area contributed by atoms with E-state index in [1.54, 1.807) is 11.8 Å². The zero-order chi connectivity index (χ0) is 8.10. The third-order valence-electron chi connectivity index (χ3n) is 1.94. The Morgan fingerprint density at radius 3 is 3.09 bits per heavy atom. The fourth-order valence-corrected chi connectivity index (χ4v) is 1.60. The van der Waals surface area contributed by atoms with Gasteiger partial charge in [0, 0.05) is 18.9 Å². The molecule has 0 N–H and O–H groups in total. The fraction of sp³-hybridized carbons (Fsp3) is 0.875. The summed E-state index contributed by atoms with van der Waals surface area (Å²) in [4.78, 5) is 11.3. The van der Waals surface area contributed by atoms with E-state index in [1.807, 2.05) is 6.26 Å². The van der Waals surface area contributed by atoms with Crippen molar-refractivity contribution in [3.63, 3.8) is 0 Å². The van der Waals surface area contributed by atoms with Crippen LogP contribution in [0.15, 0.2) is 0 Å². The minimum absolute atomic E-state index is 0.210. The van der Waals surface area contributed by atoms with Crippen LogP contribution in [-0.4, -0.2) is 31.0 Å². The molecule has 0 amide bonds. The summed E-state index contributed by atoms with van der Waals surface area (Å²) in [5.41, 5.74) is 0. The van der Waals surface area contributed by atoms with E-state index in [1.165, 1.54) is 0 Å². The van der Waals surface area contributed by atoms with Gasteiger partial charge >= 0.3 is 0 Å². The molecular formula is C8H14O2S. The van der Waals surface area contributed by atoms with Crippen LogP contribution >= 0.6 is 11.8 Å². The molecule has 1 rings (SSSR count). The van der Waals surface area contributed by atoms with Crippen LogP contribution in [0.5, 0.6) is 0 Å². The lowest BCUT2D eigenvalue weighted by atomic mass is 10.0. The molecule has 3 heteroatoms. The Morgan fingerprint density at radius 2 is 2.55 bits per heavy atom. The second-order valence-corrected chi connectivity index (χ2v) is 3.76. The quantitative estimate of drug-likeness (QED) is 0.643. The SMILES string of the molecule is CSCCC(=O)C1CCOC1. The van der Waals surface area contributed by atoms with Crippen molar-refractivity contribution in [1.82, 2.24) is 0 Å². The van der Waals surface area contributed by atoms with Crippen LogP contribution in [0, 0.1) is 5.92 Å². The molecule has 0 spiro atoms. The lowest BCUT2D eigenvalue weighted by Crippen LogP contribution is -2.14. The first-order valence-electron chi connectivity index (χ1n) is 3.94. The van der Waals surface area contributed by atoms with Gasteiger partial charge < -0.3 is 4.74 Å². The summed E-state index contributed by atoms with van der Waals surface area (Å²) in [6.07, 6.45) is 3.68. The van der Waals surface area contributed by atoms with Gasteiger partial charge in [-0.1, -0.05) is 0 Å². The van der Waals surface area contributed by atoms with Crippen LogP contribution < -0.4 is 0 Å². The van der Waals surface area contributed by atoms with Crippen LogP contribution in [0.2, 0.25) is 0 Å². The molecule has 1 saturated heterocycles. The number of hydrogen-bond acceptors (Lipinski definition) is 3. The molecule has 1 atom stereocenters. The zero-order valence-corrected chi connectivity index (χ0v) is 7.65. The number of carbonyl (C=O) groups is 1. The average molecular weight is 174 g/mol. The topological polar surface area (TPSA) is 26.3 Å². The summed E-state index contributed by atoms with van der Waals surface area (Å²) in [6.45, 7) is 1.43. The van der Waals surface area contributed by atoms with Crippen molar-refractivity contribution < 1.29 is 9.53 Å². The largest absolute Gasteiger partial charge is 0.381 e. The zero-order valence-electron chi connectivity index (χ0n) is 6.84. The molecule has 1 fully saturated rings. The number of thioether (sulfide) groups is 1. The molecular weight excluding hydrogens is 160 g/mol. The molecule has 1 aliphatic rings. The smallest absolute Gasteiger partial charge is 0.139 e. The van der Waals surface area contributed by atoms with Crippen molar-refractivity contribution in [2.45, 2.75) is 12.8 Å². The first-order chi connectivity index (χ1) is 5.34. The summed E-state index contributed by atoms with van der Waals surface area (Å²) < 4.78 is 5.13. The highest BCUT2D eigenvalue weighted by atomic mass is 32.2. The number of Topliss-reactive ketones (excluding diaryl/α,β-unsaturated/α-hetero) is 1. The van der Waals surface area contributed by atoms with Gasteiger partial charge in [0.2, 0.25) is 0 Å². The van der Waals surface area contributed by atoms with Crippen molar-refractivity contribution in [2.75, 3.05) is 25.2 Å². The van der Waals surface area contributed by atoms with Crippen LogP contribution in [0.3, 0.4) is 0 Å². The molecule has 1 aliphatic heterocycles. The van der Waals surface area contributed by atoms with Crippen molar-refractivity contribution in [3.8, 4) is 0 Å². The molecule has 64 valence electrons. The Hall–Kier alpha value is -0.0200. The summed E-state index contributed by atoms with van der Waals surface area (Å²) in [5, 5.41) is 0. The Kier molecular flexibility index (Phi) is 3.94. The predicted octanol–water partition coefficient (Wildman–Crippen LogP) is 1.35. The van der Waals surface area contributed by atoms with Crippen LogP contribution in [0.1, 0.15) is 12.8 Å². The molecule has 0 saturated carbocycles. The van der Waals surface area contributed by atoms with Gasteiger partial charge in [-0.15, -0.1) is 0 Å². The number of ketones is 1. The maximum Gasteiger partial charge on any atom is 0.139 e. The average Bonchev–Trinajstić information content (AvgIpc) is 2.52. The molecule has 0 aliphatic carbocycles. The van der Waals surface area contributed by atoms with Crippen molar-refractivity contribution in [1.29, 1.82) is 0 Å². The lowest BCUT2D eigenvalue weighted by molar-refractivity contribution is -0.122. The molecule has 2 nitrogen and oxygen atoms in total. The molecule has 1 unspecified atom stereocenters. The van der Waals surface area contributed by atoms with Gasteiger partial charge in [0.1, 0.15) is 5.78 Å². The number of ether oxygens (including phenoxy) is 1. The lowest BCUT2D eigenvalue weighted by Gasteiger charge is -2.03. The van der Waals surface area contributed by atoms with Gasteiger partial charge in [-0.05, 0) is 18.4 Å². The second kappa shape index (κ2) is 4.78. The van der Waals surface area contributed by atoms with Gasteiger partial charge in [-0.3, -0.25) is 4.79 Å². The Labute approximate surface area is 71.7 Å². The van der Waals surface area contributed by atoms with E-state index < -0.39 is 0 Å². The third-order valence-corrected chi connectivity index (χ3v) is 2.55. The first-order valence-corrected chi connectivity index (χ1v) is 5.33. The highest BCUT2D eigenvalue weighted by molar-refractivity contribution is 7.98. The molecule has 0 aromatic heterocycles. The van der Waals surface area contributed by atoms with Crippen molar-refractivity contribution >= 4 is 17.5 Å². The van der Waals surface area contributed by atoms with E-state index in [-0.39, 0.29) is 5.92 Å². The highest BCUT2D eigenvalue weighted by Gasteiger charge is 2.22. The first kappa shape index (κ1) is 9.07. The maximum atomic E-state index is 11.3. The fourth-order valence-electron chi connectivity index (χ4n) is 1.20. The Bertz CT molecular complexity index is 130. The Morgan fingerprint density at radius 1 is 1.73 bits per heavy atom. The van der Waals surface area contributed by atoms with Gasteiger partial charge in [0.05, 0.1) is 6.61 Å². The van der Waals surface area contributed by atoms with Crippen LogP contribution in [-0.2, 0) is 9.53 Å². The molecule has 1 heterocycles. The summed E-state index contributed by atoms with van der Waals surface area (Å²) in [5.74, 6) is 1.55. The minimum atomic E-state index is 0.210. The number of rotatable bonds is 4. The standard InChI is InChI=1S/C8H14O2S/c1-11-5-3-8(9)7-2-4-10-6-7/h7H,2-6H2,1H3. The normalized spacial score (nSPS) is 23.9. The van der Waals surface area contributed by atoms with Gasteiger partial charge in [0.25, 0.3) is 0 Å². The van der Waals surface area contributed by atoms with Gasteiger partial charge in [-0.25, -0.2) is 0 Å². The number of hydrogen-bond donors (Lipinski definition) is 0. The molecule has 0 bridgehead atoms.